The molecule has 0 bridgehead atoms. The Labute approximate surface area is 202 Å². The van der Waals surface area contributed by atoms with Crippen LogP contribution < -0.4 is 10.2 Å². The zero-order valence-corrected chi connectivity index (χ0v) is 19.1. The van der Waals surface area contributed by atoms with Gasteiger partial charge in [0.05, 0.1) is 23.1 Å². The van der Waals surface area contributed by atoms with Crippen molar-refractivity contribution >= 4 is 45.9 Å². The molecular weight excluding hydrogens is 450 g/mol. The summed E-state index contributed by atoms with van der Waals surface area (Å²) in [5.41, 5.74) is 5.13. The van der Waals surface area contributed by atoms with E-state index in [-0.39, 0.29) is 11.3 Å². The van der Waals surface area contributed by atoms with Crippen LogP contribution in [0.15, 0.2) is 91.6 Å². The largest absolute Gasteiger partial charge is 0.508 e. The molecule has 0 amide bonds. The third kappa shape index (κ3) is 5.19. The molecule has 0 atom stereocenters. The molecule has 3 aromatic carbocycles. The van der Waals surface area contributed by atoms with Crippen LogP contribution in [0.3, 0.4) is 0 Å². The van der Waals surface area contributed by atoms with E-state index in [4.69, 9.17) is 11.6 Å². The molecule has 6 nitrogen and oxygen atoms in total. The minimum atomic E-state index is -1.05. The first kappa shape index (κ1) is 22.9. The van der Waals surface area contributed by atoms with Gasteiger partial charge < -0.3 is 20.4 Å². The number of benzene rings is 3. The predicted molar refractivity (Wildman–Crippen MR) is 137 cm³/mol. The molecule has 0 radical (unpaired) electrons. The third-order valence-corrected chi connectivity index (χ3v) is 5.59. The molecule has 0 spiro atoms. The highest BCUT2D eigenvalue weighted by atomic mass is 35.5. The SMILES string of the molecule is C=C(c1cc(Nc2ccc(O)cc2)cc(C(=O)O)c1)c1ccc(N(C)c2ccc(Cl)cc2)cn1. The summed E-state index contributed by atoms with van der Waals surface area (Å²) < 4.78 is 0. The van der Waals surface area contributed by atoms with E-state index in [2.05, 4.69) is 16.9 Å². The van der Waals surface area contributed by atoms with E-state index in [0.29, 0.717) is 33.2 Å². The number of nitrogens with zero attached hydrogens (tertiary/aromatic N) is 2. The van der Waals surface area contributed by atoms with Crippen LogP contribution in [0.4, 0.5) is 22.7 Å². The van der Waals surface area contributed by atoms with Gasteiger partial charge in [-0.1, -0.05) is 18.2 Å². The van der Waals surface area contributed by atoms with Crippen molar-refractivity contribution in [3.8, 4) is 5.75 Å². The number of rotatable bonds is 7. The second-order valence-electron chi connectivity index (χ2n) is 7.69. The van der Waals surface area contributed by atoms with Gasteiger partial charge in [-0.15, -0.1) is 0 Å². The van der Waals surface area contributed by atoms with Crippen LogP contribution in [-0.2, 0) is 0 Å². The fourth-order valence-electron chi connectivity index (χ4n) is 3.43. The first-order chi connectivity index (χ1) is 16.3. The second-order valence-corrected chi connectivity index (χ2v) is 8.13. The van der Waals surface area contributed by atoms with Gasteiger partial charge in [0, 0.05) is 34.7 Å². The van der Waals surface area contributed by atoms with Crippen molar-refractivity contribution in [2.75, 3.05) is 17.3 Å². The lowest BCUT2D eigenvalue weighted by atomic mass is 10.00. The van der Waals surface area contributed by atoms with Gasteiger partial charge in [-0.05, 0) is 84.4 Å². The van der Waals surface area contributed by atoms with Gasteiger partial charge in [-0.3, -0.25) is 4.98 Å². The molecular formula is C27H22ClN3O3. The Morgan fingerprint density at radius 2 is 1.56 bits per heavy atom. The summed E-state index contributed by atoms with van der Waals surface area (Å²) >= 11 is 5.98. The van der Waals surface area contributed by atoms with Gasteiger partial charge in [-0.2, -0.15) is 0 Å². The molecule has 4 aromatic rings. The van der Waals surface area contributed by atoms with Gasteiger partial charge in [0.1, 0.15) is 5.75 Å². The van der Waals surface area contributed by atoms with Crippen LogP contribution in [-0.4, -0.2) is 28.2 Å². The minimum absolute atomic E-state index is 0.124. The topological polar surface area (TPSA) is 85.7 Å². The zero-order chi connectivity index (χ0) is 24.2. The molecule has 34 heavy (non-hydrogen) atoms. The summed E-state index contributed by atoms with van der Waals surface area (Å²) in [5, 5.41) is 22.9. The predicted octanol–water partition coefficient (Wildman–Crippen LogP) is 6.71. The highest BCUT2D eigenvalue weighted by Gasteiger charge is 2.13. The van der Waals surface area contributed by atoms with E-state index in [1.807, 2.05) is 54.4 Å². The van der Waals surface area contributed by atoms with Gasteiger partial charge >= 0.3 is 5.97 Å². The number of halogens is 1. The minimum Gasteiger partial charge on any atom is -0.508 e. The number of carboxylic acid groups (broad SMARTS) is 1. The fourth-order valence-corrected chi connectivity index (χ4v) is 3.56. The summed E-state index contributed by atoms with van der Waals surface area (Å²) in [5.74, 6) is -0.897. The Bertz CT molecular complexity index is 1340. The number of pyridine rings is 1. The molecule has 0 fully saturated rings. The van der Waals surface area contributed by atoms with E-state index in [9.17, 15) is 15.0 Å². The first-order valence-electron chi connectivity index (χ1n) is 10.4. The Balaban J connectivity index is 1.60. The summed E-state index contributed by atoms with van der Waals surface area (Å²) in [6, 6.07) is 22.7. The molecule has 0 saturated heterocycles. The van der Waals surface area contributed by atoms with E-state index in [1.165, 1.54) is 0 Å². The third-order valence-electron chi connectivity index (χ3n) is 5.34. The maximum Gasteiger partial charge on any atom is 0.335 e. The van der Waals surface area contributed by atoms with Crippen molar-refractivity contribution in [3.05, 3.63) is 113 Å². The molecule has 0 saturated carbocycles. The molecule has 1 aromatic heterocycles. The number of hydrogen-bond donors (Lipinski definition) is 3. The van der Waals surface area contributed by atoms with E-state index in [0.717, 1.165) is 11.4 Å². The van der Waals surface area contributed by atoms with Crippen molar-refractivity contribution in [1.29, 1.82) is 0 Å². The van der Waals surface area contributed by atoms with Crippen molar-refractivity contribution in [1.82, 2.24) is 4.98 Å². The number of carboxylic acids is 1. The first-order valence-corrected chi connectivity index (χ1v) is 10.8. The average molecular weight is 472 g/mol. The number of phenolic OH excluding ortho intramolecular Hbond substituents is 1. The van der Waals surface area contributed by atoms with Gasteiger partial charge in [0.2, 0.25) is 0 Å². The van der Waals surface area contributed by atoms with Crippen LogP contribution in [0.25, 0.3) is 5.57 Å². The summed E-state index contributed by atoms with van der Waals surface area (Å²) in [4.78, 5) is 18.3. The van der Waals surface area contributed by atoms with Crippen molar-refractivity contribution in [2.24, 2.45) is 0 Å². The maximum atomic E-state index is 11.7. The van der Waals surface area contributed by atoms with Gasteiger partial charge in [-0.25, -0.2) is 4.79 Å². The van der Waals surface area contributed by atoms with Crippen LogP contribution in [0.5, 0.6) is 5.75 Å². The Morgan fingerprint density at radius 3 is 2.18 bits per heavy atom. The average Bonchev–Trinajstić information content (AvgIpc) is 2.85. The standard InChI is InChI=1S/C27H22ClN3O3/c1-17(26-12-9-24(16-29-26)31(2)23-7-3-20(28)4-8-23)18-13-19(27(33)34)15-22(14-18)30-21-5-10-25(32)11-6-21/h3-16,30,32H,1H2,2H3,(H,33,34). The normalized spacial score (nSPS) is 10.5. The molecule has 0 aliphatic rings. The molecule has 0 unspecified atom stereocenters. The number of carbonyl (C=O) groups is 1. The number of aromatic nitrogens is 1. The zero-order valence-electron chi connectivity index (χ0n) is 18.4. The smallest absolute Gasteiger partial charge is 0.335 e. The Kier molecular flexibility index (Phi) is 6.52. The van der Waals surface area contributed by atoms with E-state index < -0.39 is 5.97 Å². The number of hydrogen-bond acceptors (Lipinski definition) is 5. The molecule has 3 N–H and O–H groups in total. The molecule has 7 heteroatoms. The number of nitrogens with one attached hydrogen (secondary N) is 1. The molecule has 170 valence electrons. The lowest BCUT2D eigenvalue weighted by Crippen LogP contribution is -2.09. The highest BCUT2D eigenvalue weighted by Crippen LogP contribution is 2.29. The van der Waals surface area contributed by atoms with Crippen LogP contribution >= 0.6 is 11.6 Å². The fraction of sp³-hybridized carbons (Fsp3) is 0.0370. The molecule has 1 heterocycles. The van der Waals surface area contributed by atoms with Crippen LogP contribution in [0.2, 0.25) is 5.02 Å². The monoisotopic (exact) mass is 471 g/mol. The van der Waals surface area contributed by atoms with E-state index >= 15 is 0 Å². The Morgan fingerprint density at radius 1 is 0.912 bits per heavy atom. The summed E-state index contributed by atoms with van der Waals surface area (Å²) in [6.45, 7) is 4.15. The number of aromatic carboxylic acids is 1. The van der Waals surface area contributed by atoms with Crippen molar-refractivity contribution < 1.29 is 15.0 Å². The van der Waals surface area contributed by atoms with E-state index in [1.54, 1.807) is 42.6 Å². The molecule has 4 rings (SSSR count). The maximum absolute atomic E-state index is 11.7. The quantitative estimate of drug-likeness (QED) is 0.260. The lowest BCUT2D eigenvalue weighted by molar-refractivity contribution is 0.0697. The Hall–Kier alpha value is -4.29. The van der Waals surface area contributed by atoms with Gasteiger partial charge in [0.15, 0.2) is 0 Å². The lowest BCUT2D eigenvalue weighted by Gasteiger charge is -2.19. The van der Waals surface area contributed by atoms with Crippen molar-refractivity contribution in [2.45, 2.75) is 0 Å². The highest BCUT2D eigenvalue weighted by molar-refractivity contribution is 6.30. The number of anilines is 4. The van der Waals surface area contributed by atoms with Crippen LogP contribution in [0.1, 0.15) is 21.6 Å². The molecule has 0 aliphatic carbocycles. The summed E-state index contributed by atoms with van der Waals surface area (Å²) in [7, 11) is 1.94. The van der Waals surface area contributed by atoms with Crippen molar-refractivity contribution in [3.63, 3.8) is 0 Å². The van der Waals surface area contributed by atoms with Crippen LogP contribution in [0, 0.1) is 0 Å². The second kappa shape index (κ2) is 9.68. The summed E-state index contributed by atoms with van der Waals surface area (Å²) in [6.07, 6.45) is 1.74. The molecule has 0 aliphatic heterocycles. The number of aromatic hydroxyl groups is 1. The van der Waals surface area contributed by atoms with Gasteiger partial charge in [0.25, 0.3) is 0 Å². The number of phenols is 1.